The monoisotopic (exact) mass is 250 g/mol. The highest BCUT2D eigenvalue weighted by molar-refractivity contribution is 5.64. The van der Waals surface area contributed by atoms with Gasteiger partial charge in [0.1, 0.15) is 11.4 Å². The lowest BCUT2D eigenvalue weighted by Crippen LogP contribution is -2.22. The van der Waals surface area contributed by atoms with Crippen molar-refractivity contribution in [2.45, 2.75) is 32.2 Å². The summed E-state index contributed by atoms with van der Waals surface area (Å²) in [5.74, 6) is 1.18. The maximum Gasteiger partial charge on any atom is 0.292 e. The number of rotatable bonds is 4. The number of nitro groups is 1. The number of hydrogen-bond donors (Lipinski definition) is 1. The second-order valence-electron chi connectivity index (χ2n) is 4.80. The Kier molecular flexibility index (Phi) is 3.69. The van der Waals surface area contributed by atoms with E-state index in [4.69, 9.17) is 4.74 Å². The normalized spacial score (nSPS) is 22.8. The van der Waals surface area contributed by atoms with Crippen molar-refractivity contribution in [3.8, 4) is 5.75 Å². The van der Waals surface area contributed by atoms with Crippen molar-refractivity contribution in [3.63, 3.8) is 0 Å². The van der Waals surface area contributed by atoms with Gasteiger partial charge in [-0.3, -0.25) is 10.1 Å². The minimum atomic E-state index is -0.360. The number of nitro benzene ring substituents is 1. The standard InChI is InChI=1S/C13H18N2O3/c1-9-4-3-5-11(9)14-12-8-10(18-2)6-7-13(12)15(16)17/h6-9,11,14H,3-5H2,1-2H3. The number of anilines is 1. The van der Waals surface area contributed by atoms with Crippen LogP contribution >= 0.6 is 0 Å². The fourth-order valence-electron chi connectivity index (χ4n) is 2.48. The molecule has 0 amide bonds. The van der Waals surface area contributed by atoms with E-state index in [-0.39, 0.29) is 10.6 Å². The molecule has 1 fully saturated rings. The first-order chi connectivity index (χ1) is 8.61. The Morgan fingerprint density at radius 2 is 2.22 bits per heavy atom. The number of methoxy groups -OCH3 is 1. The van der Waals surface area contributed by atoms with Gasteiger partial charge in [-0.1, -0.05) is 13.3 Å². The van der Waals surface area contributed by atoms with Crippen LogP contribution in [0.3, 0.4) is 0 Å². The molecule has 18 heavy (non-hydrogen) atoms. The Morgan fingerprint density at radius 1 is 1.44 bits per heavy atom. The van der Waals surface area contributed by atoms with Crippen molar-refractivity contribution in [1.29, 1.82) is 0 Å². The molecule has 0 saturated heterocycles. The highest BCUT2D eigenvalue weighted by Crippen LogP contribution is 2.33. The molecule has 1 aliphatic rings. The first-order valence-corrected chi connectivity index (χ1v) is 6.21. The molecule has 0 aliphatic heterocycles. The Hall–Kier alpha value is -1.78. The van der Waals surface area contributed by atoms with E-state index in [1.807, 2.05) is 0 Å². The highest BCUT2D eigenvalue weighted by atomic mass is 16.6. The fourth-order valence-corrected chi connectivity index (χ4v) is 2.48. The number of hydrogen-bond acceptors (Lipinski definition) is 4. The Balaban J connectivity index is 2.25. The number of ether oxygens (including phenoxy) is 1. The molecule has 0 heterocycles. The topological polar surface area (TPSA) is 64.4 Å². The average Bonchev–Trinajstić information content (AvgIpc) is 2.74. The molecule has 98 valence electrons. The molecule has 5 nitrogen and oxygen atoms in total. The Morgan fingerprint density at radius 3 is 2.78 bits per heavy atom. The van der Waals surface area contributed by atoms with Gasteiger partial charge in [-0.25, -0.2) is 0 Å². The smallest absolute Gasteiger partial charge is 0.292 e. The van der Waals surface area contributed by atoms with Crippen LogP contribution in [0.25, 0.3) is 0 Å². The zero-order valence-electron chi connectivity index (χ0n) is 10.7. The summed E-state index contributed by atoms with van der Waals surface area (Å²) in [5, 5.41) is 14.3. The van der Waals surface area contributed by atoms with Gasteiger partial charge < -0.3 is 10.1 Å². The van der Waals surface area contributed by atoms with Crippen LogP contribution in [0.15, 0.2) is 18.2 Å². The molecular formula is C13H18N2O3. The lowest BCUT2D eigenvalue weighted by Gasteiger charge is -2.18. The molecule has 2 atom stereocenters. The SMILES string of the molecule is COc1ccc([N+](=O)[O-])c(NC2CCCC2C)c1. The summed E-state index contributed by atoms with van der Waals surface area (Å²) >= 11 is 0. The molecule has 1 aromatic carbocycles. The molecule has 1 N–H and O–H groups in total. The van der Waals surface area contributed by atoms with Gasteiger partial charge in [0.2, 0.25) is 0 Å². The summed E-state index contributed by atoms with van der Waals surface area (Å²) in [4.78, 5) is 10.6. The fraction of sp³-hybridized carbons (Fsp3) is 0.538. The lowest BCUT2D eigenvalue weighted by molar-refractivity contribution is -0.384. The predicted molar refractivity (Wildman–Crippen MR) is 70.1 cm³/mol. The average molecular weight is 250 g/mol. The number of benzene rings is 1. The van der Waals surface area contributed by atoms with Gasteiger partial charge in [0, 0.05) is 18.2 Å². The molecule has 2 unspecified atom stereocenters. The molecule has 0 radical (unpaired) electrons. The van der Waals surface area contributed by atoms with E-state index < -0.39 is 0 Å². The predicted octanol–water partition coefficient (Wildman–Crippen LogP) is 3.20. The largest absolute Gasteiger partial charge is 0.497 e. The van der Waals surface area contributed by atoms with Crippen molar-refractivity contribution >= 4 is 11.4 Å². The van der Waals surface area contributed by atoms with Crippen molar-refractivity contribution in [2.75, 3.05) is 12.4 Å². The third kappa shape index (κ3) is 2.55. The summed E-state index contributed by atoms with van der Waals surface area (Å²) in [6, 6.07) is 5.11. The Labute approximate surface area is 106 Å². The summed E-state index contributed by atoms with van der Waals surface area (Å²) in [6.07, 6.45) is 3.42. The van der Waals surface area contributed by atoms with Gasteiger partial charge >= 0.3 is 0 Å². The van der Waals surface area contributed by atoms with E-state index in [0.29, 0.717) is 23.4 Å². The third-order valence-electron chi connectivity index (χ3n) is 3.60. The number of nitrogens with zero attached hydrogens (tertiary/aromatic N) is 1. The zero-order chi connectivity index (χ0) is 13.1. The summed E-state index contributed by atoms with van der Waals surface area (Å²) in [7, 11) is 1.56. The van der Waals surface area contributed by atoms with Crippen LogP contribution in [0.5, 0.6) is 5.75 Å². The maximum absolute atomic E-state index is 11.0. The van der Waals surface area contributed by atoms with Gasteiger partial charge in [0.15, 0.2) is 0 Å². The molecule has 1 saturated carbocycles. The van der Waals surface area contributed by atoms with Crippen LogP contribution in [0, 0.1) is 16.0 Å². The van der Waals surface area contributed by atoms with Gasteiger partial charge in [-0.05, 0) is 24.8 Å². The van der Waals surface area contributed by atoms with Crippen LogP contribution in [-0.4, -0.2) is 18.1 Å². The summed E-state index contributed by atoms with van der Waals surface area (Å²) in [6.45, 7) is 2.18. The van der Waals surface area contributed by atoms with Crippen LogP contribution in [0.4, 0.5) is 11.4 Å². The van der Waals surface area contributed by atoms with E-state index in [0.717, 1.165) is 6.42 Å². The van der Waals surface area contributed by atoms with Gasteiger partial charge in [-0.2, -0.15) is 0 Å². The zero-order valence-corrected chi connectivity index (χ0v) is 10.7. The second-order valence-corrected chi connectivity index (χ2v) is 4.80. The van der Waals surface area contributed by atoms with E-state index in [1.54, 1.807) is 19.2 Å². The molecule has 0 spiro atoms. The molecular weight excluding hydrogens is 232 g/mol. The number of nitrogens with one attached hydrogen (secondary N) is 1. The summed E-state index contributed by atoms with van der Waals surface area (Å²) in [5.41, 5.74) is 0.660. The third-order valence-corrected chi connectivity index (χ3v) is 3.60. The minimum absolute atomic E-state index is 0.106. The van der Waals surface area contributed by atoms with Crippen molar-refractivity contribution in [2.24, 2.45) is 5.92 Å². The quantitative estimate of drug-likeness (QED) is 0.658. The molecule has 2 rings (SSSR count). The lowest BCUT2D eigenvalue weighted by atomic mass is 10.1. The second kappa shape index (κ2) is 5.25. The molecule has 0 bridgehead atoms. The molecule has 5 heteroatoms. The molecule has 1 aromatic rings. The minimum Gasteiger partial charge on any atom is -0.497 e. The summed E-state index contributed by atoms with van der Waals surface area (Å²) < 4.78 is 5.12. The van der Waals surface area contributed by atoms with Crippen LogP contribution < -0.4 is 10.1 Å². The first kappa shape index (κ1) is 12.7. The van der Waals surface area contributed by atoms with Gasteiger partial charge in [-0.15, -0.1) is 0 Å². The van der Waals surface area contributed by atoms with Crippen molar-refractivity contribution in [1.82, 2.24) is 0 Å². The van der Waals surface area contributed by atoms with Gasteiger partial charge in [0.05, 0.1) is 12.0 Å². The van der Waals surface area contributed by atoms with Crippen LogP contribution in [-0.2, 0) is 0 Å². The van der Waals surface area contributed by atoms with E-state index in [9.17, 15) is 10.1 Å². The van der Waals surface area contributed by atoms with Crippen LogP contribution in [0.1, 0.15) is 26.2 Å². The van der Waals surface area contributed by atoms with E-state index in [2.05, 4.69) is 12.2 Å². The van der Waals surface area contributed by atoms with Crippen molar-refractivity contribution < 1.29 is 9.66 Å². The highest BCUT2D eigenvalue weighted by Gasteiger charge is 2.25. The maximum atomic E-state index is 11.0. The van der Waals surface area contributed by atoms with E-state index >= 15 is 0 Å². The first-order valence-electron chi connectivity index (χ1n) is 6.21. The molecule has 0 aromatic heterocycles. The Bertz CT molecular complexity index is 448. The van der Waals surface area contributed by atoms with E-state index in [1.165, 1.54) is 18.9 Å². The van der Waals surface area contributed by atoms with Crippen molar-refractivity contribution in [3.05, 3.63) is 28.3 Å². The van der Waals surface area contributed by atoms with Gasteiger partial charge in [0.25, 0.3) is 5.69 Å². The molecule has 1 aliphatic carbocycles. The van der Waals surface area contributed by atoms with Crippen LogP contribution in [0.2, 0.25) is 0 Å².